The Bertz CT molecular complexity index is 405. The highest BCUT2D eigenvalue weighted by atomic mass is 16.5. The maximum Gasteiger partial charge on any atom is 0.308 e. The smallest absolute Gasteiger partial charge is 0.308 e. The van der Waals surface area contributed by atoms with Crippen LogP contribution in [0.5, 0.6) is 5.75 Å². The zero-order chi connectivity index (χ0) is 10.1. The molecule has 0 radical (unpaired) electrons. The molecule has 0 N–H and O–H groups in total. The van der Waals surface area contributed by atoms with Gasteiger partial charge in [-0.25, -0.2) is 0 Å². The minimum absolute atomic E-state index is 0.276. The quantitative estimate of drug-likeness (QED) is 0.500. The Morgan fingerprint density at radius 1 is 1.43 bits per heavy atom. The Morgan fingerprint density at radius 3 is 2.93 bits per heavy atom. The molecule has 2 heteroatoms. The predicted octanol–water partition coefficient (Wildman–Crippen LogP) is 2.57. The van der Waals surface area contributed by atoms with Crippen molar-refractivity contribution in [2.24, 2.45) is 0 Å². The van der Waals surface area contributed by atoms with Crippen molar-refractivity contribution in [2.45, 2.75) is 19.8 Å². The molecule has 0 fully saturated rings. The summed E-state index contributed by atoms with van der Waals surface area (Å²) in [7, 11) is 0. The number of rotatable bonds is 1. The van der Waals surface area contributed by atoms with Crippen molar-refractivity contribution in [1.29, 1.82) is 0 Å². The first-order chi connectivity index (χ1) is 6.66. The van der Waals surface area contributed by atoms with Gasteiger partial charge in [0.2, 0.25) is 0 Å². The van der Waals surface area contributed by atoms with Gasteiger partial charge in [-0.1, -0.05) is 12.6 Å². The lowest BCUT2D eigenvalue weighted by atomic mass is 10.1. The molecule has 72 valence electrons. The largest absolute Gasteiger partial charge is 0.427 e. The molecule has 2 rings (SSSR count). The number of allylic oxidation sites excluding steroid dienone is 1. The van der Waals surface area contributed by atoms with Crippen LogP contribution in [0.3, 0.4) is 0 Å². The van der Waals surface area contributed by atoms with E-state index in [2.05, 4.69) is 6.58 Å². The third-order valence-electron chi connectivity index (χ3n) is 2.42. The topological polar surface area (TPSA) is 26.3 Å². The van der Waals surface area contributed by atoms with E-state index < -0.39 is 0 Å². The van der Waals surface area contributed by atoms with Gasteiger partial charge in [-0.3, -0.25) is 4.79 Å². The summed E-state index contributed by atoms with van der Waals surface area (Å²) in [5.74, 6) is 0.354. The fraction of sp³-hybridized carbons (Fsp3) is 0.250. The summed E-state index contributed by atoms with van der Waals surface area (Å²) >= 11 is 0. The van der Waals surface area contributed by atoms with E-state index in [0.29, 0.717) is 5.75 Å². The van der Waals surface area contributed by atoms with Crippen molar-refractivity contribution < 1.29 is 9.53 Å². The van der Waals surface area contributed by atoms with Crippen molar-refractivity contribution in [2.75, 3.05) is 0 Å². The lowest BCUT2D eigenvalue weighted by molar-refractivity contribution is -0.131. The highest BCUT2D eigenvalue weighted by Gasteiger charge is 2.15. The molecule has 14 heavy (non-hydrogen) atoms. The van der Waals surface area contributed by atoms with E-state index in [9.17, 15) is 4.79 Å². The maximum absolute atomic E-state index is 10.7. The van der Waals surface area contributed by atoms with Crippen LogP contribution in [0.15, 0.2) is 24.8 Å². The van der Waals surface area contributed by atoms with E-state index >= 15 is 0 Å². The molecule has 2 nitrogen and oxygen atoms in total. The summed E-state index contributed by atoms with van der Waals surface area (Å²) in [6.45, 7) is 5.39. The van der Waals surface area contributed by atoms with E-state index in [1.54, 1.807) is 0 Å². The third-order valence-corrected chi connectivity index (χ3v) is 2.42. The molecule has 0 saturated heterocycles. The molecular weight excluding hydrogens is 176 g/mol. The molecule has 0 amide bonds. The minimum atomic E-state index is -0.276. The molecule has 0 saturated carbocycles. The van der Waals surface area contributed by atoms with Gasteiger partial charge in [-0.15, -0.1) is 0 Å². The maximum atomic E-state index is 10.7. The normalized spacial score (nSPS) is 13.9. The minimum Gasteiger partial charge on any atom is -0.427 e. The van der Waals surface area contributed by atoms with Gasteiger partial charge in [-0.2, -0.15) is 0 Å². The van der Waals surface area contributed by atoms with Crippen molar-refractivity contribution in [3.63, 3.8) is 0 Å². The van der Waals surface area contributed by atoms with E-state index in [4.69, 9.17) is 4.74 Å². The Kier molecular flexibility index (Phi) is 2.12. The zero-order valence-corrected chi connectivity index (χ0v) is 8.17. The Hall–Kier alpha value is -1.57. The van der Waals surface area contributed by atoms with Gasteiger partial charge >= 0.3 is 5.97 Å². The molecular formula is C12H12O2. The SMILES string of the molecule is C=C1CCc2cc(OC(C)=O)ccc21. The fourth-order valence-corrected chi connectivity index (χ4v) is 1.77. The summed E-state index contributed by atoms with van der Waals surface area (Å²) in [4.78, 5) is 10.7. The molecule has 0 spiro atoms. The number of hydrogen-bond donors (Lipinski definition) is 0. The predicted molar refractivity (Wildman–Crippen MR) is 55.1 cm³/mol. The van der Waals surface area contributed by atoms with Gasteiger partial charge in [0.1, 0.15) is 5.75 Å². The molecule has 0 aliphatic heterocycles. The summed E-state index contributed by atoms with van der Waals surface area (Å²) in [6.07, 6.45) is 2.02. The van der Waals surface area contributed by atoms with E-state index in [0.717, 1.165) is 12.8 Å². The first-order valence-corrected chi connectivity index (χ1v) is 4.66. The monoisotopic (exact) mass is 188 g/mol. The van der Waals surface area contributed by atoms with E-state index in [1.807, 2.05) is 18.2 Å². The second-order valence-electron chi connectivity index (χ2n) is 3.52. The Balaban J connectivity index is 2.32. The number of esters is 1. The number of aryl methyl sites for hydroxylation is 1. The van der Waals surface area contributed by atoms with Gasteiger partial charge in [0, 0.05) is 6.92 Å². The summed E-state index contributed by atoms with van der Waals surface area (Å²) in [5, 5.41) is 0. The molecule has 0 heterocycles. The number of carbonyl (C=O) groups is 1. The van der Waals surface area contributed by atoms with Gasteiger partial charge in [0.05, 0.1) is 0 Å². The lowest BCUT2D eigenvalue weighted by Crippen LogP contribution is -2.01. The molecule has 0 unspecified atom stereocenters. The Morgan fingerprint density at radius 2 is 2.21 bits per heavy atom. The Labute approximate surface area is 83.2 Å². The zero-order valence-electron chi connectivity index (χ0n) is 8.17. The van der Waals surface area contributed by atoms with Gasteiger partial charge in [0.25, 0.3) is 0 Å². The van der Waals surface area contributed by atoms with Crippen LogP contribution in [0.1, 0.15) is 24.5 Å². The highest BCUT2D eigenvalue weighted by Crippen LogP contribution is 2.32. The highest BCUT2D eigenvalue weighted by molar-refractivity contribution is 5.73. The second-order valence-corrected chi connectivity index (χ2v) is 3.52. The van der Waals surface area contributed by atoms with Crippen LogP contribution in [-0.4, -0.2) is 5.97 Å². The molecule has 0 atom stereocenters. The van der Waals surface area contributed by atoms with Crippen LogP contribution in [0, 0.1) is 0 Å². The molecule has 1 aliphatic carbocycles. The molecule has 1 aromatic carbocycles. The van der Waals surface area contributed by atoms with Crippen LogP contribution in [0.25, 0.3) is 5.57 Å². The van der Waals surface area contributed by atoms with Gasteiger partial charge in [0.15, 0.2) is 0 Å². The van der Waals surface area contributed by atoms with Crippen LogP contribution in [-0.2, 0) is 11.2 Å². The second kappa shape index (κ2) is 3.29. The van der Waals surface area contributed by atoms with E-state index in [-0.39, 0.29) is 5.97 Å². The van der Waals surface area contributed by atoms with Crippen LogP contribution in [0.4, 0.5) is 0 Å². The van der Waals surface area contributed by atoms with Crippen LogP contribution in [0.2, 0.25) is 0 Å². The number of carbonyl (C=O) groups excluding carboxylic acids is 1. The summed E-state index contributed by atoms with van der Waals surface area (Å²) in [5.41, 5.74) is 3.61. The molecule has 1 aliphatic rings. The fourth-order valence-electron chi connectivity index (χ4n) is 1.77. The average molecular weight is 188 g/mol. The van der Waals surface area contributed by atoms with Crippen LogP contribution >= 0.6 is 0 Å². The van der Waals surface area contributed by atoms with Crippen LogP contribution < -0.4 is 4.74 Å². The first-order valence-electron chi connectivity index (χ1n) is 4.66. The van der Waals surface area contributed by atoms with Gasteiger partial charge in [-0.05, 0) is 41.7 Å². The average Bonchev–Trinajstić information content (AvgIpc) is 2.46. The number of hydrogen-bond acceptors (Lipinski definition) is 2. The molecule has 0 aromatic heterocycles. The number of ether oxygens (including phenoxy) is 1. The summed E-state index contributed by atoms with van der Waals surface area (Å²) < 4.78 is 5.01. The van der Waals surface area contributed by atoms with Crippen molar-refractivity contribution in [3.05, 3.63) is 35.9 Å². The molecule has 0 bridgehead atoms. The van der Waals surface area contributed by atoms with Crippen molar-refractivity contribution >= 4 is 11.5 Å². The number of fused-ring (bicyclic) bond motifs is 1. The third kappa shape index (κ3) is 1.55. The van der Waals surface area contributed by atoms with Gasteiger partial charge < -0.3 is 4.74 Å². The lowest BCUT2D eigenvalue weighted by Gasteiger charge is -2.04. The van der Waals surface area contributed by atoms with E-state index in [1.165, 1.54) is 23.6 Å². The standard InChI is InChI=1S/C12H12O2/c1-8-3-4-10-7-11(14-9(2)13)5-6-12(8)10/h5-7H,1,3-4H2,2H3. The molecule has 1 aromatic rings. The summed E-state index contributed by atoms with van der Waals surface area (Å²) in [6, 6.07) is 5.72. The number of benzene rings is 1. The first kappa shape index (κ1) is 9.00. The van der Waals surface area contributed by atoms with Crippen molar-refractivity contribution in [3.8, 4) is 5.75 Å². The van der Waals surface area contributed by atoms with Crippen molar-refractivity contribution in [1.82, 2.24) is 0 Å².